The number of hydrogen-bond acceptors (Lipinski definition) is 3. The molecule has 2 unspecified atom stereocenters. The Morgan fingerprint density at radius 1 is 1.25 bits per heavy atom. The molecule has 2 fully saturated rings. The molecule has 2 rings (SSSR count). The molecule has 2 aliphatic rings. The van der Waals surface area contributed by atoms with Gasteiger partial charge in [-0.25, -0.2) is 0 Å². The van der Waals surface area contributed by atoms with Crippen LogP contribution in [0.1, 0.15) is 53.9 Å². The van der Waals surface area contributed by atoms with E-state index in [-0.39, 0.29) is 0 Å². The molecular weight excluding hydrogens is 246 g/mol. The fraction of sp³-hybridized carbons (Fsp3) is 1.00. The van der Waals surface area contributed by atoms with Crippen molar-refractivity contribution in [2.24, 2.45) is 5.92 Å². The molecule has 0 aliphatic carbocycles. The predicted molar refractivity (Wildman–Crippen MR) is 87.2 cm³/mol. The first-order valence-electron chi connectivity index (χ1n) is 8.72. The zero-order valence-corrected chi connectivity index (χ0v) is 14.3. The quantitative estimate of drug-likeness (QED) is 0.835. The third-order valence-corrected chi connectivity index (χ3v) is 5.80. The van der Waals surface area contributed by atoms with Crippen LogP contribution in [0.15, 0.2) is 0 Å². The molecule has 3 nitrogen and oxygen atoms in total. The topological polar surface area (TPSA) is 18.5 Å². The number of rotatable bonds is 5. The summed E-state index contributed by atoms with van der Waals surface area (Å²) in [6.07, 6.45) is 3.88. The van der Waals surface area contributed by atoms with Gasteiger partial charge in [0.1, 0.15) is 0 Å². The van der Waals surface area contributed by atoms with Crippen LogP contribution in [0.4, 0.5) is 0 Å². The molecule has 0 aromatic heterocycles. The molecule has 20 heavy (non-hydrogen) atoms. The van der Waals surface area contributed by atoms with E-state index >= 15 is 0 Å². The minimum Gasteiger partial charge on any atom is -0.308 e. The number of nitrogens with one attached hydrogen (secondary N) is 1. The van der Waals surface area contributed by atoms with Gasteiger partial charge in [-0.3, -0.25) is 4.90 Å². The Bertz CT molecular complexity index is 299. The molecule has 2 saturated heterocycles. The van der Waals surface area contributed by atoms with Crippen LogP contribution in [0, 0.1) is 5.92 Å². The smallest absolute Gasteiger partial charge is 0.0304 e. The van der Waals surface area contributed by atoms with Crippen molar-refractivity contribution in [2.75, 3.05) is 32.7 Å². The van der Waals surface area contributed by atoms with Gasteiger partial charge in [0, 0.05) is 43.8 Å². The Morgan fingerprint density at radius 3 is 2.50 bits per heavy atom. The number of likely N-dealkylation sites (tertiary alicyclic amines) is 1. The lowest BCUT2D eigenvalue weighted by Crippen LogP contribution is -2.63. The van der Waals surface area contributed by atoms with Crippen molar-refractivity contribution in [3.05, 3.63) is 0 Å². The first kappa shape index (κ1) is 16.3. The summed E-state index contributed by atoms with van der Waals surface area (Å²) >= 11 is 0. The van der Waals surface area contributed by atoms with E-state index in [1.165, 1.54) is 45.4 Å². The predicted octanol–water partition coefficient (Wildman–Crippen LogP) is 2.57. The molecule has 2 aliphatic heterocycles. The van der Waals surface area contributed by atoms with Gasteiger partial charge in [-0.05, 0) is 52.5 Å². The Morgan fingerprint density at radius 2 is 1.95 bits per heavy atom. The van der Waals surface area contributed by atoms with E-state index in [4.69, 9.17) is 0 Å². The van der Waals surface area contributed by atoms with Crippen molar-refractivity contribution in [1.82, 2.24) is 15.1 Å². The number of piperazine rings is 1. The van der Waals surface area contributed by atoms with Crippen molar-refractivity contribution in [3.8, 4) is 0 Å². The van der Waals surface area contributed by atoms with Crippen molar-refractivity contribution in [2.45, 2.75) is 71.5 Å². The SMILES string of the molecule is CCC1(CC)CN(CC2CCN(C(C)C)C2)C(C)CN1. The normalized spacial score (nSPS) is 32.1. The van der Waals surface area contributed by atoms with Crippen LogP contribution in [-0.4, -0.2) is 60.1 Å². The first-order valence-corrected chi connectivity index (χ1v) is 8.72. The molecule has 0 aromatic carbocycles. The fourth-order valence-corrected chi connectivity index (χ4v) is 3.87. The Kier molecular flexibility index (Phi) is 5.49. The highest BCUT2D eigenvalue weighted by Crippen LogP contribution is 2.26. The second kappa shape index (κ2) is 6.76. The van der Waals surface area contributed by atoms with E-state index < -0.39 is 0 Å². The van der Waals surface area contributed by atoms with Crippen molar-refractivity contribution >= 4 is 0 Å². The average molecular weight is 281 g/mol. The lowest BCUT2D eigenvalue weighted by molar-refractivity contribution is 0.0672. The summed E-state index contributed by atoms with van der Waals surface area (Å²) in [4.78, 5) is 5.41. The minimum atomic E-state index is 0.364. The van der Waals surface area contributed by atoms with Gasteiger partial charge in [0.25, 0.3) is 0 Å². The van der Waals surface area contributed by atoms with Gasteiger partial charge in [-0.2, -0.15) is 0 Å². The average Bonchev–Trinajstić information content (AvgIpc) is 2.90. The maximum absolute atomic E-state index is 3.81. The van der Waals surface area contributed by atoms with Gasteiger partial charge in [0.2, 0.25) is 0 Å². The standard InChI is InChI=1S/C17H35N3/c1-6-17(7-2)13-20(15(5)10-18-17)12-16-8-9-19(11-16)14(3)4/h14-16,18H,6-13H2,1-5H3. The van der Waals surface area contributed by atoms with Crippen LogP contribution in [0.3, 0.4) is 0 Å². The van der Waals surface area contributed by atoms with E-state index in [1.54, 1.807) is 0 Å². The van der Waals surface area contributed by atoms with Gasteiger partial charge in [-0.1, -0.05) is 13.8 Å². The highest BCUT2D eigenvalue weighted by molar-refractivity contribution is 4.96. The molecule has 2 heterocycles. The van der Waals surface area contributed by atoms with Crippen LogP contribution in [0.25, 0.3) is 0 Å². The minimum absolute atomic E-state index is 0.364. The Labute approximate surface area is 126 Å². The number of hydrogen-bond donors (Lipinski definition) is 1. The van der Waals surface area contributed by atoms with E-state index in [2.05, 4.69) is 49.7 Å². The van der Waals surface area contributed by atoms with Gasteiger partial charge < -0.3 is 10.2 Å². The molecular formula is C17H35N3. The highest BCUT2D eigenvalue weighted by Gasteiger charge is 2.36. The third kappa shape index (κ3) is 3.55. The molecule has 0 bridgehead atoms. The van der Waals surface area contributed by atoms with Crippen LogP contribution in [0.2, 0.25) is 0 Å². The number of nitrogens with zero attached hydrogens (tertiary/aromatic N) is 2. The largest absolute Gasteiger partial charge is 0.308 e. The van der Waals surface area contributed by atoms with E-state index in [0.29, 0.717) is 17.6 Å². The van der Waals surface area contributed by atoms with E-state index in [0.717, 1.165) is 12.5 Å². The second-order valence-corrected chi connectivity index (χ2v) is 7.39. The molecule has 0 saturated carbocycles. The van der Waals surface area contributed by atoms with Crippen LogP contribution in [-0.2, 0) is 0 Å². The van der Waals surface area contributed by atoms with Crippen molar-refractivity contribution in [3.63, 3.8) is 0 Å². The summed E-state index contributed by atoms with van der Waals surface area (Å²) in [7, 11) is 0. The van der Waals surface area contributed by atoms with Crippen LogP contribution in [0.5, 0.6) is 0 Å². The fourth-order valence-electron chi connectivity index (χ4n) is 3.87. The Balaban J connectivity index is 1.91. The highest BCUT2D eigenvalue weighted by atomic mass is 15.3. The second-order valence-electron chi connectivity index (χ2n) is 7.39. The molecule has 0 amide bonds. The molecule has 1 N–H and O–H groups in total. The lowest BCUT2D eigenvalue weighted by Gasteiger charge is -2.47. The molecule has 2 atom stereocenters. The summed E-state index contributed by atoms with van der Waals surface area (Å²) in [6, 6.07) is 1.40. The zero-order valence-electron chi connectivity index (χ0n) is 14.3. The zero-order chi connectivity index (χ0) is 14.8. The maximum atomic E-state index is 3.81. The molecule has 118 valence electrons. The summed E-state index contributed by atoms with van der Waals surface area (Å²) in [5, 5.41) is 3.81. The van der Waals surface area contributed by atoms with Gasteiger partial charge >= 0.3 is 0 Å². The summed E-state index contributed by atoms with van der Waals surface area (Å²) in [6.45, 7) is 18.0. The van der Waals surface area contributed by atoms with Gasteiger partial charge in [0.15, 0.2) is 0 Å². The van der Waals surface area contributed by atoms with Gasteiger partial charge in [-0.15, -0.1) is 0 Å². The summed E-state index contributed by atoms with van der Waals surface area (Å²) in [5.41, 5.74) is 0.364. The first-order chi connectivity index (χ1) is 9.49. The van der Waals surface area contributed by atoms with Crippen LogP contribution >= 0.6 is 0 Å². The van der Waals surface area contributed by atoms with E-state index in [1.807, 2.05) is 0 Å². The van der Waals surface area contributed by atoms with Crippen molar-refractivity contribution < 1.29 is 0 Å². The van der Waals surface area contributed by atoms with Crippen molar-refractivity contribution in [1.29, 1.82) is 0 Å². The summed E-state index contributed by atoms with van der Waals surface area (Å²) in [5.74, 6) is 0.879. The molecule has 3 heteroatoms. The van der Waals surface area contributed by atoms with Gasteiger partial charge in [0.05, 0.1) is 0 Å². The molecule has 0 radical (unpaired) electrons. The summed E-state index contributed by atoms with van der Waals surface area (Å²) < 4.78 is 0. The molecule has 0 aromatic rings. The third-order valence-electron chi connectivity index (χ3n) is 5.80. The van der Waals surface area contributed by atoms with Crippen LogP contribution < -0.4 is 5.32 Å². The van der Waals surface area contributed by atoms with E-state index in [9.17, 15) is 0 Å². The molecule has 0 spiro atoms. The monoisotopic (exact) mass is 281 g/mol. The lowest BCUT2D eigenvalue weighted by atomic mass is 9.88. The Hall–Kier alpha value is -0.120. The maximum Gasteiger partial charge on any atom is 0.0304 e.